The van der Waals surface area contributed by atoms with Crippen molar-refractivity contribution in [3.8, 4) is 0 Å². The molecule has 1 aromatic carbocycles. The highest BCUT2D eigenvalue weighted by molar-refractivity contribution is 7.89. The smallest absolute Gasteiger partial charge is 0.371 e. The van der Waals surface area contributed by atoms with Crippen molar-refractivity contribution >= 4 is 16.0 Å². The van der Waals surface area contributed by atoms with Gasteiger partial charge in [0.05, 0.1) is 11.4 Å². The maximum absolute atomic E-state index is 12.1. The quantitative estimate of drug-likeness (QED) is 0.851. The molecule has 0 aliphatic heterocycles. The van der Waals surface area contributed by atoms with E-state index >= 15 is 0 Å². The van der Waals surface area contributed by atoms with Gasteiger partial charge >= 0.3 is 5.97 Å². The van der Waals surface area contributed by atoms with E-state index in [0.717, 1.165) is 12.0 Å². The van der Waals surface area contributed by atoms with Gasteiger partial charge in [-0.15, -0.1) is 0 Å². The molecule has 1 aromatic heterocycles. The summed E-state index contributed by atoms with van der Waals surface area (Å²) in [5, 5.41) is 8.72. The van der Waals surface area contributed by atoms with Gasteiger partial charge in [-0.25, -0.2) is 17.9 Å². The molecule has 0 bridgehead atoms. The van der Waals surface area contributed by atoms with Crippen LogP contribution in [0.2, 0.25) is 0 Å². The van der Waals surface area contributed by atoms with Crippen molar-refractivity contribution in [2.45, 2.75) is 24.8 Å². The number of carbonyl (C=O) groups is 1. The van der Waals surface area contributed by atoms with Crippen LogP contribution < -0.4 is 4.72 Å². The largest absolute Gasteiger partial charge is 0.475 e. The van der Waals surface area contributed by atoms with Gasteiger partial charge in [-0.3, -0.25) is 0 Å². The van der Waals surface area contributed by atoms with Gasteiger partial charge in [0.2, 0.25) is 15.8 Å². The molecule has 0 saturated carbocycles. The topological polar surface area (TPSA) is 96.6 Å². The summed E-state index contributed by atoms with van der Waals surface area (Å²) in [5.74, 6) is -1.18. The maximum Gasteiger partial charge on any atom is 0.371 e. The fourth-order valence-electron chi connectivity index (χ4n) is 1.74. The van der Waals surface area contributed by atoms with Crippen LogP contribution in [0, 0.1) is 0 Å². The number of nitrogens with one attached hydrogen (secondary N) is 1. The van der Waals surface area contributed by atoms with Crippen LogP contribution in [0.25, 0.3) is 0 Å². The summed E-state index contributed by atoms with van der Waals surface area (Å²) in [6, 6.07) is 9.28. The van der Waals surface area contributed by atoms with Crippen LogP contribution >= 0.6 is 0 Å². The minimum absolute atomic E-state index is 0.106. The van der Waals surface area contributed by atoms with Crippen LogP contribution in [0.3, 0.4) is 0 Å². The Hall–Kier alpha value is -2.12. The Balaban J connectivity index is 2.07. The summed E-state index contributed by atoms with van der Waals surface area (Å²) < 4.78 is 31.5. The second-order valence-corrected chi connectivity index (χ2v) is 6.16. The Bertz CT molecular complexity index is 731. The molecule has 2 N–H and O–H groups in total. The molecule has 112 valence electrons. The summed E-state index contributed by atoms with van der Waals surface area (Å²) in [6.07, 6.45) is 0.831. The van der Waals surface area contributed by atoms with Crippen LogP contribution in [0.15, 0.2) is 45.7 Å². The zero-order chi connectivity index (χ0) is 15.5. The van der Waals surface area contributed by atoms with Crippen molar-refractivity contribution in [3.05, 3.63) is 53.5 Å². The first kappa shape index (κ1) is 15.3. The van der Waals surface area contributed by atoms with Gasteiger partial charge in [-0.2, -0.15) is 0 Å². The van der Waals surface area contributed by atoms with Crippen molar-refractivity contribution < 1.29 is 22.7 Å². The van der Waals surface area contributed by atoms with E-state index in [-0.39, 0.29) is 23.0 Å². The number of rotatable bonds is 6. The Labute approximate surface area is 122 Å². The number of aromatic carboxylic acids is 1. The third kappa shape index (κ3) is 3.71. The van der Waals surface area contributed by atoms with Gasteiger partial charge in [0.1, 0.15) is 5.76 Å². The highest BCUT2D eigenvalue weighted by Crippen LogP contribution is 2.13. The van der Waals surface area contributed by atoms with E-state index in [4.69, 9.17) is 9.52 Å². The minimum atomic E-state index is -3.65. The maximum atomic E-state index is 12.1. The molecule has 0 spiro atoms. The molecular weight excluding hydrogens is 294 g/mol. The van der Waals surface area contributed by atoms with Crippen molar-refractivity contribution in [1.82, 2.24) is 4.72 Å². The zero-order valence-electron chi connectivity index (χ0n) is 11.4. The number of hydrogen-bond acceptors (Lipinski definition) is 4. The van der Waals surface area contributed by atoms with E-state index in [1.54, 1.807) is 12.1 Å². The second-order valence-electron chi connectivity index (χ2n) is 4.39. The molecule has 0 amide bonds. The second kappa shape index (κ2) is 6.11. The van der Waals surface area contributed by atoms with Gasteiger partial charge in [0.15, 0.2) is 0 Å². The molecule has 0 fully saturated rings. The van der Waals surface area contributed by atoms with Crippen molar-refractivity contribution in [2.24, 2.45) is 0 Å². The van der Waals surface area contributed by atoms with Crippen molar-refractivity contribution in [3.63, 3.8) is 0 Å². The predicted molar refractivity (Wildman–Crippen MR) is 75.5 cm³/mol. The molecule has 1 heterocycles. The molecule has 0 radical (unpaired) electrons. The molecule has 2 rings (SSSR count). The lowest BCUT2D eigenvalue weighted by molar-refractivity contribution is 0.0660. The first-order chi connectivity index (χ1) is 9.92. The van der Waals surface area contributed by atoms with E-state index in [9.17, 15) is 13.2 Å². The van der Waals surface area contributed by atoms with E-state index in [1.807, 2.05) is 6.92 Å². The fraction of sp³-hybridized carbons (Fsp3) is 0.214. The van der Waals surface area contributed by atoms with Gasteiger partial charge in [-0.1, -0.05) is 19.1 Å². The molecule has 7 heteroatoms. The summed E-state index contributed by atoms with van der Waals surface area (Å²) in [7, 11) is -3.65. The normalized spacial score (nSPS) is 11.5. The lowest BCUT2D eigenvalue weighted by atomic mass is 10.2. The SMILES string of the molecule is CCc1ccc(S(=O)(=O)NCc2ccc(C(=O)O)o2)cc1. The minimum Gasteiger partial charge on any atom is -0.475 e. The number of aryl methyl sites for hydroxylation is 1. The van der Waals surface area contributed by atoms with Crippen LogP contribution in [-0.4, -0.2) is 19.5 Å². The Morgan fingerprint density at radius 2 is 1.86 bits per heavy atom. The monoisotopic (exact) mass is 309 g/mol. The van der Waals surface area contributed by atoms with Crippen LogP contribution in [0.1, 0.15) is 28.8 Å². The zero-order valence-corrected chi connectivity index (χ0v) is 12.2. The summed E-state index contributed by atoms with van der Waals surface area (Å²) in [6.45, 7) is 1.88. The Morgan fingerprint density at radius 3 is 2.38 bits per heavy atom. The summed E-state index contributed by atoms with van der Waals surface area (Å²) >= 11 is 0. The molecule has 0 aliphatic rings. The first-order valence-corrected chi connectivity index (χ1v) is 7.81. The van der Waals surface area contributed by atoms with Crippen LogP contribution in [0.4, 0.5) is 0 Å². The summed E-state index contributed by atoms with van der Waals surface area (Å²) in [5.41, 5.74) is 1.05. The van der Waals surface area contributed by atoms with Gasteiger partial charge in [-0.05, 0) is 36.2 Å². The third-order valence-electron chi connectivity index (χ3n) is 2.95. The summed E-state index contributed by atoms with van der Waals surface area (Å²) in [4.78, 5) is 10.8. The average molecular weight is 309 g/mol. The van der Waals surface area contributed by atoms with Crippen LogP contribution in [-0.2, 0) is 23.0 Å². The van der Waals surface area contributed by atoms with E-state index in [0.29, 0.717) is 0 Å². The molecule has 21 heavy (non-hydrogen) atoms. The van der Waals surface area contributed by atoms with Gasteiger partial charge < -0.3 is 9.52 Å². The molecule has 0 aliphatic carbocycles. The highest BCUT2D eigenvalue weighted by atomic mass is 32.2. The number of carboxylic acids is 1. The van der Waals surface area contributed by atoms with Crippen LogP contribution in [0.5, 0.6) is 0 Å². The lowest BCUT2D eigenvalue weighted by Gasteiger charge is -2.06. The molecule has 0 saturated heterocycles. The first-order valence-electron chi connectivity index (χ1n) is 6.33. The number of benzene rings is 1. The number of hydrogen-bond donors (Lipinski definition) is 2. The number of carboxylic acid groups (broad SMARTS) is 1. The third-order valence-corrected chi connectivity index (χ3v) is 4.37. The number of sulfonamides is 1. The standard InChI is InChI=1S/C14H15NO5S/c1-2-10-3-6-12(7-4-10)21(18,19)15-9-11-5-8-13(20-11)14(16)17/h3-8,15H,2,9H2,1H3,(H,16,17). The van der Waals surface area contributed by atoms with Gasteiger partial charge in [0.25, 0.3) is 0 Å². The van der Waals surface area contributed by atoms with E-state index in [2.05, 4.69) is 4.72 Å². The van der Waals surface area contributed by atoms with E-state index in [1.165, 1.54) is 24.3 Å². The fourth-order valence-corrected chi connectivity index (χ4v) is 2.73. The molecular formula is C14H15NO5S. The molecule has 0 atom stereocenters. The van der Waals surface area contributed by atoms with E-state index < -0.39 is 16.0 Å². The highest BCUT2D eigenvalue weighted by Gasteiger charge is 2.15. The molecule has 0 unspecified atom stereocenters. The molecule has 6 nitrogen and oxygen atoms in total. The van der Waals surface area contributed by atoms with Gasteiger partial charge in [0, 0.05) is 0 Å². The lowest BCUT2D eigenvalue weighted by Crippen LogP contribution is -2.23. The predicted octanol–water partition coefficient (Wildman–Crippen LogP) is 2.02. The Kier molecular flexibility index (Phi) is 4.44. The molecule has 2 aromatic rings. The average Bonchev–Trinajstić information content (AvgIpc) is 2.94. The van der Waals surface area contributed by atoms with Crippen molar-refractivity contribution in [2.75, 3.05) is 0 Å². The Morgan fingerprint density at radius 1 is 1.19 bits per heavy atom. The van der Waals surface area contributed by atoms with Crippen molar-refractivity contribution in [1.29, 1.82) is 0 Å². The number of furan rings is 1.